The van der Waals surface area contributed by atoms with E-state index in [1.807, 2.05) is 14.1 Å². The number of alkyl halides is 3. The quantitative estimate of drug-likeness (QED) is 0.730. The highest BCUT2D eigenvalue weighted by Gasteiger charge is 2.44. The first-order chi connectivity index (χ1) is 13.3. The number of imidazole rings is 1. The predicted molar refractivity (Wildman–Crippen MR) is 95.5 cm³/mol. The maximum absolute atomic E-state index is 12.6. The lowest BCUT2D eigenvalue weighted by Gasteiger charge is -2.34. The second-order valence-electron chi connectivity index (χ2n) is 7.39. The molecular weight excluding hydrogens is 417 g/mol. The van der Waals surface area contributed by atoms with Crippen LogP contribution in [0.5, 0.6) is 0 Å². The van der Waals surface area contributed by atoms with Crippen LogP contribution in [0.1, 0.15) is 6.42 Å². The molecule has 0 radical (unpaired) electrons. The van der Waals surface area contributed by atoms with Crippen molar-refractivity contribution < 1.29 is 36.2 Å². The molecule has 2 aliphatic rings. The number of rotatable bonds is 4. The maximum Gasteiger partial charge on any atom is 0.490 e. The molecule has 0 aromatic carbocycles. The summed E-state index contributed by atoms with van der Waals surface area (Å²) in [6.45, 7) is 2.63. The lowest BCUT2D eigenvalue weighted by Crippen LogP contribution is -2.45. The number of halogens is 3. The molecule has 166 valence electrons. The number of fused-ring (bicyclic) bond motifs is 1. The van der Waals surface area contributed by atoms with Gasteiger partial charge in [0.2, 0.25) is 0 Å². The van der Waals surface area contributed by atoms with E-state index in [-0.39, 0.29) is 17.0 Å². The number of likely N-dealkylation sites (N-methyl/N-ethyl adjacent to an activating group) is 1. The lowest BCUT2D eigenvalue weighted by molar-refractivity contribution is -0.192. The number of aliphatic carboxylic acids is 1. The van der Waals surface area contributed by atoms with Crippen molar-refractivity contribution in [2.24, 2.45) is 18.9 Å². The van der Waals surface area contributed by atoms with Crippen LogP contribution in [0, 0.1) is 11.8 Å². The number of carboxylic acids is 1. The summed E-state index contributed by atoms with van der Waals surface area (Å²) >= 11 is 0. The highest BCUT2D eigenvalue weighted by Crippen LogP contribution is 2.36. The van der Waals surface area contributed by atoms with Crippen LogP contribution < -0.4 is 0 Å². The summed E-state index contributed by atoms with van der Waals surface area (Å²) in [7, 11) is 2.37. The molecule has 0 spiro atoms. The molecule has 0 amide bonds. The topological polar surface area (TPSA) is 105 Å². The average molecular weight is 442 g/mol. The fourth-order valence-corrected chi connectivity index (χ4v) is 4.95. The van der Waals surface area contributed by atoms with Crippen molar-refractivity contribution in [3.05, 3.63) is 12.5 Å². The third kappa shape index (κ3) is 5.90. The molecule has 0 aliphatic carbocycles. The van der Waals surface area contributed by atoms with Gasteiger partial charge in [0.25, 0.3) is 10.0 Å². The van der Waals surface area contributed by atoms with Gasteiger partial charge in [0, 0.05) is 38.8 Å². The first-order valence-corrected chi connectivity index (χ1v) is 10.3. The first kappa shape index (κ1) is 23.6. The van der Waals surface area contributed by atoms with Crippen LogP contribution in [-0.2, 0) is 26.6 Å². The molecular formula is C16H25F3N4O5S. The van der Waals surface area contributed by atoms with E-state index < -0.39 is 22.2 Å². The summed E-state index contributed by atoms with van der Waals surface area (Å²) in [5.41, 5.74) is 0. The second-order valence-corrected chi connectivity index (χ2v) is 9.27. The number of ether oxygens (including phenoxy) is 1. The van der Waals surface area contributed by atoms with E-state index in [2.05, 4.69) is 9.88 Å². The van der Waals surface area contributed by atoms with E-state index >= 15 is 0 Å². The zero-order valence-electron chi connectivity index (χ0n) is 16.3. The highest BCUT2D eigenvalue weighted by molar-refractivity contribution is 7.89. The van der Waals surface area contributed by atoms with Crippen molar-refractivity contribution in [2.75, 3.05) is 40.3 Å². The first-order valence-electron chi connectivity index (χ1n) is 8.87. The van der Waals surface area contributed by atoms with Gasteiger partial charge in [-0.3, -0.25) is 0 Å². The summed E-state index contributed by atoms with van der Waals surface area (Å²) in [5, 5.41) is 7.26. The summed E-state index contributed by atoms with van der Waals surface area (Å²) in [6.07, 6.45) is -0.929. The Morgan fingerprint density at radius 3 is 2.52 bits per heavy atom. The molecule has 1 N–H and O–H groups in total. The average Bonchev–Trinajstić information content (AvgIpc) is 3.21. The zero-order chi connectivity index (χ0) is 22.0. The van der Waals surface area contributed by atoms with Gasteiger partial charge in [-0.1, -0.05) is 0 Å². The number of nitrogens with zero attached hydrogens (tertiary/aromatic N) is 4. The fraction of sp³-hybridized carbons (Fsp3) is 0.750. The molecule has 3 atom stereocenters. The van der Waals surface area contributed by atoms with E-state index in [0.717, 1.165) is 13.0 Å². The number of carboxylic acid groups (broad SMARTS) is 1. The molecule has 29 heavy (non-hydrogen) atoms. The smallest absolute Gasteiger partial charge is 0.475 e. The Hall–Kier alpha value is -1.70. The molecule has 2 saturated heterocycles. The monoisotopic (exact) mass is 442 g/mol. The number of carbonyl (C=O) groups is 1. The van der Waals surface area contributed by atoms with Gasteiger partial charge in [-0.25, -0.2) is 18.2 Å². The fourth-order valence-electron chi connectivity index (χ4n) is 3.47. The Morgan fingerprint density at radius 1 is 1.41 bits per heavy atom. The summed E-state index contributed by atoms with van der Waals surface area (Å²) < 4.78 is 66.2. The molecule has 0 unspecified atom stereocenters. The maximum atomic E-state index is 12.6. The molecule has 1 aromatic rings. The molecule has 13 heteroatoms. The standard InChI is InChI=1S/C14H24N4O3S.C2HF3O2/c1-16(2)7-13-12-4-5-18(6-11(12)9-21-13)22(19,20)14-8-17(3)10-15-14;3-2(4,5)1(6)7/h8,10-13H,4-7,9H2,1-3H3;(H,6,7)/t11-,12-,13+;/m0./s1. The summed E-state index contributed by atoms with van der Waals surface area (Å²) in [4.78, 5) is 15.0. The lowest BCUT2D eigenvalue weighted by atomic mass is 9.85. The van der Waals surface area contributed by atoms with Crippen LogP contribution in [0.2, 0.25) is 0 Å². The van der Waals surface area contributed by atoms with Crippen molar-refractivity contribution in [1.82, 2.24) is 18.8 Å². The molecule has 0 saturated carbocycles. The third-order valence-electron chi connectivity index (χ3n) is 4.83. The zero-order valence-corrected chi connectivity index (χ0v) is 17.1. The van der Waals surface area contributed by atoms with Gasteiger partial charge in [0.15, 0.2) is 5.03 Å². The van der Waals surface area contributed by atoms with Crippen molar-refractivity contribution in [1.29, 1.82) is 0 Å². The van der Waals surface area contributed by atoms with Crippen LogP contribution in [0.4, 0.5) is 13.2 Å². The molecule has 3 rings (SSSR count). The van der Waals surface area contributed by atoms with E-state index in [9.17, 15) is 21.6 Å². The summed E-state index contributed by atoms with van der Waals surface area (Å²) in [6, 6.07) is 0. The minimum Gasteiger partial charge on any atom is -0.475 e. The Morgan fingerprint density at radius 2 is 2.03 bits per heavy atom. The second kappa shape index (κ2) is 8.98. The van der Waals surface area contributed by atoms with E-state index in [1.165, 1.54) is 6.33 Å². The predicted octanol–water partition coefficient (Wildman–Crippen LogP) is 0.641. The molecule has 9 nitrogen and oxygen atoms in total. The van der Waals surface area contributed by atoms with Gasteiger partial charge in [0.05, 0.1) is 19.0 Å². The molecule has 0 bridgehead atoms. The third-order valence-corrected chi connectivity index (χ3v) is 6.58. The molecule has 1 aromatic heterocycles. The van der Waals surface area contributed by atoms with Crippen molar-refractivity contribution in [3.8, 4) is 0 Å². The Balaban J connectivity index is 0.000000370. The molecule has 2 fully saturated rings. The SMILES string of the molecule is CN(C)C[C@H]1OC[C@@H]2CN(S(=O)(=O)c3cn(C)cn3)CC[C@@H]21.O=C(O)C(F)(F)F. The van der Waals surface area contributed by atoms with Gasteiger partial charge < -0.3 is 19.3 Å². The van der Waals surface area contributed by atoms with Gasteiger partial charge >= 0.3 is 12.1 Å². The van der Waals surface area contributed by atoms with E-state index in [0.29, 0.717) is 25.6 Å². The summed E-state index contributed by atoms with van der Waals surface area (Å²) in [5.74, 6) is -2.01. The Labute approximate surface area is 167 Å². The van der Waals surface area contributed by atoms with Crippen molar-refractivity contribution in [2.45, 2.75) is 23.7 Å². The minimum absolute atomic E-state index is 0.136. The largest absolute Gasteiger partial charge is 0.490 e. The van der Waals surface area contributed by atoms with Crippen molar-refractivity contribution >= 4 is 16.0 Å². The van der Waals surface area contributed by atoms with Crippen molar-refractivity contribution in [3.63, 3.8) is 0 Å². The number of hydrogen-bond acceptors (Lipinski definition) is 6. The van der Waals surface area contributed by atoms with E-state index in [1.54, 1.807) is 22.1 Å². The van der Waals surface area contributed by atoms with Crippen LogP contribution >= 0.6 is 0 Å². The number of sulfonamides is 1. The number of aromatic nitrogens is 2. The highest BCUT2D eigenvalue weighted by atomic mass is 32.2. The van der Waals surface area contributed by atoms with Gasteiger partial charge in [-0.05, 0) is 26.4 Å². The Kier molecular flexibility index (Phi) is 7.30. The van der Waals surface area contributed by atoms with Crippen LogP contribution in [0.3, 0.4) is 0 Å². The van der Waals surface area contributed by atoms with Crippen LogP contribution in [-0.4, -0.2) is 90.9 Å². The van der Waals surface area contributed by atoms with Gasteiger partial charge in [0.1, 0.15) is 0 Å². The number of piperidine rings is 1. The minimum atomic E-state index is -5.08. The van der Waals surface area contributed by atoms with Crippen LogP contribution in [0.15, 0.2) is 17.6 Å². The Bertz CT molecular complexity index is 812. The van der Waals surface area contributed by atoms with Crippen LogP contribution in [0.25, 0.3) is 0 Å². The van der Waals surface area contributed by atoms with Gasteiger partial charge in [-0.2, -0.15) is 17.5 Å². The van der Waals surface area contributed by atoms with Gasteiger partial charge in [-0.15, -0.1) is 0 Å². The number of aryl methyl sites for hydroxylation is 1. The normalized spacial score (nSPS) is 25.4. The molecule has 2 aliphatic heterocycles. The van der Waals surface area contributed by atoms with E-state index in [4.69, 9.17) is 14.6 Å². The number of hydrogen-bond donors (Lipinski definition) is 1. The molecule has 3 heterocycles.